The van der Waals surface area contributed by atoms with Crippen LogP contribution < -0.4 is 106 Å². The van der Waals surface area contributed by atoms with Gasteiger partial charge >= 0.3 is 92.3 Å². The fourth-order valence-corrected chi connectivity index (χ4v) is 0. The molecule has 0 bridgehead atoms. The monoisotopic (exact) mass is 264 g/mol. The summed E-state index contributed by atoms with van der Waals surface area (Å²) in [5, 5.41) is 0. The molecular weight excluding hydrogens is 266 g/mol. The van der Waals surface area contributed by atoms with Crippen LogP contribution in [-0.4, -0.2) is 11.4 Å². The molecule has 0 aromatic heterocycles. The Kier molecular flexibility index (Phi) is 82.8. The minimum Gasteiger partial charge on any atom is -1.00 e. The van der Waals surface area contributed by atoms with Gasteiger partial charge in [-0.25, -0.2) is 30.1 Å². The van der Waals surface area contributed by atoms with Crippen molar-refractivity contribution in [3.05, 3.63) is 0 Å². The molecule has 0 radical (unpaired) electrons. The number of hydrogen-bond donors (Lipinski definition) is 0. The van der Waals surface area contributed by atoms with Gasteiger partial charge in [0.05, 0.1) is 0 Å². The summed E-state index contributed by atoms with van der Waals surface area (Å²) in [5.41, 5.74) is 0. The van der Waals surface area contributed by atoms with E-state index >= 15 is 0 Å². The summed E-state index contributed by atoms with van der Waals surface area (Å²) in [7, 11) is 14.8. The molecule has 0 atom stereocenters. The third-order valence-electron chi connectivity index (χ3n) is 0. The van der Waals surface area contributed by atoms with E-state index < -0.39 is 11.4 Å². The van der Waals surface area contributed by atoms with Crippen LogP contribution in [0, 0.1) is 0 Å². The van der Waals surface area contributed by atoms with Crippen molar-refractivity contribution in [2.24, 2.45) is 0 Å². The Bertz CT molecular complexity index is 17.1. The summed E-state index contributed by atoms with van der Waals surface area (Å²) in [5.74, 6) is 0. The standard InChI is InChI=1S/Al.5ClH.K.Na/h;5*1H;;/q+3;;;;;;2*+1/p-5. The first kappa shape index (κ1) is 29.3. The van der Waals surface area contributed by atoms with Gasteiger partial charge in [0.2, 0.25) is 0 Å². The zero-order valence-corrected chi connectivity index (χ0v) is 14.5. The molecular formula is AlCl5KNa. The molecule has 0 N–H and O–H groups in total. The largest absolute Gasteiger partial charge is 1.00 e. The van der Waals surface area contributed by atoms with Crippen LogP contribution in [0.25, 0.3) is 0 Å². The minimum absolute atomic E-state index is 0. The van der Waals surface area contributed by atoms with Gasteiger partial charge in [0.1, 0.15) is 0 Å². The number of halogens is 5. The predicted molar refractivity (Wildman–Crippen MR) is 23.3 cm³/mol. The smallest absolute Gasteiger partial charge is 1.00 e. The normalized spacial score (nSPS) is 3.38. The van der Waals surface area contributed by atoms with Gasteiger partial charge in [-0.05, 0) is 0 Å². The average molecular weight is 266 g/mol. The Hall–Kier alpha value is 4.62. The molecule has 0 nitrogen and oxygen atoms in total. The van der Waals surface area contributed by atoms with Crippen molar-refractivity contribution in [2.45, 2.75) is 0 Å². The van der Waals surface area contributed by atoms with Crippen molar-refractivity contribution in [1.82, 2.24) is 0 Å². The Morgan fingerprint density at radius 3 is 0.875 bits per heavy atom. The molecule has 0 aliphatic rings. The van der Waals surface area contributed by atoms with E-state index in [1.807, 2.05) is 0 Å². The van der Waals surface area contributed by atoms with Crippen molar-refractivity contribution in [2.75, 3.05) is 0 Å². The molecule has 0 fully saturated rings. The minimum atomic E-state index is -1.72. The van der Waals surface area contributed by atoms with Crippen molar-refractivity contribution in [3.8, 4) is 0 Å². The van der Waals surface area contributed by atoms with Gasteiger partial charge in [0, 0.05) is 0 Å². The predicted octanol–water partition coefficient (Wildman–Crippen LogP) is -10.3. The van der Waals surface area contributed by atoms with E-state index in [0.717, 1.165) is 0 Å². The second kappa shape index (κ2) is 22.6. The van der Waals surface area contributed by atoms with Gasteiger partial charge in [-0.2, -0.15) is 0 Å². The first-order valence-electron chi connectivity index (χ1n) is 0.655. The van der Waals surface area contributed by atoms with Crippen LogP contribution >= 0.6 is 30.1 Å². The van der Waals surface area contributed by atoms with Crippen molar-refractivity contribution < 1.29 is 106 Å². The van der Waals surface area contributed by atoms with Crippen molar-refractivity contribution >= 4 is 41.5 Å². The van der Waals surface area contributed by atoms with Crippen molar-refractivity contribution in [1.29, 1.82) is 0 Å². The van der Waals surface area contributed by atoms with Crippen LogP contribution in [0.2, 0.25) is 0 Å². The van der Waals surface area contributed by atoms with Gasteiger partial charge in [0.25, 0.3) is 0 Å². The SMILES string of the molecule is [Cl-].[Cl-].[Cl][Al]([Cl])[Cl].[K+].[Na+]. The maximum Gasteiger partial charge on any atom is 1.00 e. The van der Waals surface area contributed by atoms with Crippen LogP contribution in [0.4, 0.5) is 0 Å². The fourth-order valence-electron chi connectivity index (χ4n) is 0. The van der Waals surface area contributed by atoms with Gasteiger partial charge in [-0.15, -0.1) is 0 Å². The maximum atomic E-state index is 4.94. The maximum absolute atomic E-state index is 4.94. The average Bonchev–Trinajstić information content (AvgIpc) is 0.811. The molecule has 0 amide bonds. The first-order chi connectivity index (χ1) is 1.73. The van der Waals surface area contributed by atoms with E-state index in [1.165, 1.54) is 0 Å². The molecule has 0 aliphatic carbocycles. The first-order valence-corrected chi connectivity index (χ1v) is 5.89. The molecule has 0 saturated carbocycles. The van der Waals surface area contributed by atoms with Crippen LogP contribution in [0.3, 0.4) is 0 Å². The molecule has 0 aromatic carbocycles. The quantitative estimate of drug-likeness (QED) is 0.382. The summed E-state index contributed by atoms with van der Waals surface area (Å²) < 4.78 is 0. The van der Waals surface area contributed by atoms with Crippen LogP contribution in [0.5, 0.6) is 0 Å². The molecule has 8 heavy (non-hydrogen) atoms. The summed E-state index contributed by atoms with van der Waals surface area (Å²) in [4.78, 5) is 0. The molecule has 8 heteroatoms. The van der Waals surface area contributed by atoms with E-state index in [0.29, 0.717) is 0 Å². The molecule has 0 spiro atoms. The van der Waals surface area contributed by atoms with Gasteiger partial charge in [0.15, 0.2) is 0 Å². The van der Waals surface area contributed by atoms with E-state index in [1.54, 1.807) is 0 Å². The second-order valence-electron chi connectivity index (χ2n) is 0.247. The summed E-state index contributed by atoms with van der Waals surface area (Å²) >= 11 is -1.72. The van der Waals surface area contributed by atoms with E-state index in [2.05, 4.69) is 0 Å². The molecule has 0 aromatic rings. The molecule has 0 aliphatic heterocycles. The molecule has 0 saturated heterocycles. The summed E-state index contributed by atoms with van der Waals surface area (Å²) in [6.07, 6.45) is 0. The summed E-state index contributed by atoms with van der Waals surface area (Å²) in [6, 6.07) is 0. The van der Waals surface area contributed by atoms with Gasteiger partial charge in [-0.3, -0.25) is 0 Å². The van der Waals surface area contributed by atoms with Crippen molar-refractivity contribution in [3.63, 3.8) is 0 Å². The van der Waals surface area contributed by atoms with E-state index in [9.17, 15) is 0 Å². The number of rotatable bonds is 0. The van der Waals surface area contributed by atoms with Crippen LogP contribution in [0.1, 0.15) is 0 Å². The van der Waals surface area contributed by atoms with E-state index in [-0.39, 0.29) is 106 Å². The molecule has 0 heterocycles. The molecule has 40 valence electrons. The Morgan fingerprint density at radius 2 is 0.875 bits per heavy atom. The Balaban J connectivity index is -0.00000000750. The topological polar surface area (TPSA) is 0 Å². The molecule has 0 rings (SSSR count). The van der Waals surface area contributed by atoms with E-state index in [4.69, 9.17) is 30.1 Å². The third kappa shape index (κ3) is 46.1. The summed E-state index contributed by atoms with van der Waals surface area (Å²) in [6.45, 7) is 0. The number of hydrogen-bond acceptors (Lipinski definition) is 0. The Morgan fingerprint density at radius 1 is 0.875 bits per heavy atom. The van der Waals surface area contributed by atoms with Gasteiger partial charge < -0.3 is 24.8 Å². The van der Waals surface area contributed by atoms with Crippen LogP contribution in [-0.2, 0) is 0 Å². The Labute approximate surface area is 143 Å². The second-order valence-corrected chi connectivity index (χ2v) is 6.68. The van der Waals surface area contributed by atoms with Crippen LogP contribution in [0.15, 0.2) is 0 Å². The fraction of sp³-hybridized carbons (Fsp3) is 0. The molecule has 0 unspecified atom stereocenters. The zero-order valence-electron chi connectivity index (χ0n) is 4.47. The van der Waals surface area contributed by atoms with Gasteiger partial charge in [-0.1, -0.05) is 0 Å². The third-order valence-corrected chi connectivity index (χ3v) is 0. The zero-order chi connectivity index (χ0) is 3.58.